The molecule has 0 atom stereocenters. The van der Waals surface area contributed by atoms with Gasteiger partial charge in [-0.05, 0) is 36.6 Å². The zero-order valence-corrected chi connectivity index (χ0v) is 10.7. The average molecular weight is 235 g/mol. The molecule has 1 rings (SSSR count). The van der Waals surface area contributed by atoms with Crippen molar-refractivity contribution in [2.75, 3.05) is 24.1 Å². The number of nitrogens with one attached hydrogen (secondary N) is 2. The molecule has 0 saturated heterocycles. The molecule has 0 unspecified atom stereocenters. The van der Waals surface area contributed by atoms with Crippen LogP contribution >= 0.6 is 0 Å². The average Bonchev–Trinajstić information content (AvgIpc) is 2.28. The predicted octanol–water partition coefficient (Wildman–Crippen LogP) is 1.76. The Hall–Kier alpha value is -1.71. The molecular formula is C13H21N3O. The van der Waals surface area contributed by atoms with E-state index in [9.17, 15) is 4.79 Å². The summed E-state index contributed by atoms with van der Waals surface area (Å²) in [7, 11) is 0. The first-order valence-electron chi connectivity index (χ1n) is 5.85. The molecule has 0 aliphatic rings. The van der Waals surface area contributed by atoms with E-state index in [2.05, 4.69) is 24.5 Å². The number of hydrogen-bond donors (Lipinski definition) is 3. The van der Waals surface area contributed by atoms with Crippen molar-refractivity contribution < 1.29 is 4.79 Å². The Bertz CT molecular complexity index is 388. The van der Waals surface area contributed by atoms with Crippen LogP contribution in [-0.4, -0.2) is 19.0 Å². The molecule has 0 saturated carbocycles. The summed E-state index contributed by atoms with van der Waals surface area (Å²) in [5.74, 6) is 0.478. The number of anilines is 2. The lowest BCUT2D eigenvalue weighted by molar-refractivity contribution is -0.119. The summed E-state index contributed by atoms with van der Waals surface area (Å²) in [5.41, 5.74) is 8.41. The number of rotatable bonds is 5. The fourth-order valence-corrected chi connectivity index (χ4v) is 1.35. The Morgan fingerprint density at radius 1 is 1.41 bits per heavy atom. The van der Waals surface area contributed by atoms with Gasteiger partial charge in [-0.2, -0.15) is 0 Å². The van der Waals surface area contributed by atoms with E-state index in [1.165, 1.54) is 0 Å². The van der Waals surface area contributed by atoms with Crippen LogP contribution < -0.4 is 16.4 Å². The molecule has 17 heavy (non-hydrogen) atoms. The van der Waals surface area contributed by atoms with E-state index in [4.69, 9.17) is 5.73 Å². The van der Waals surface area contributed by atoms with Gasteiger partial charge in [0.2, 0.25) is 5.91 Å². The number of aryl methyl sites for hydroxylation is 1. The molecule has 4 heteroatoms. The van der Waals surface area contributed by atoms with E-state index in [1.807, 2.05) is 25.1 Å². The van der Waals surface area contributed by atoms with Crippen LogP contribution in [0, 0.1) is 12.8 Å². The van der Waals surface area contributed by atoms with Crippen LogP contribution in [0.25, 0.3) is 0 Å². The van der Waals surface area contributed by atoms with Crippen LogP contribution in [0.5, 0.6) is 0 Å². The van der Waals surface area contributed by atoms with Crippen molar-refractivity contribution in [3.63, 3.8) is 0 Å². The van der Waals surface area contributed by atoms with E-state index < -0.39 is 0 Å². The molecule has 1 amide bonds. The van der Waals surface area contributed by atoms with Crippen molar-refractivity contribution in [3.8, 4) is 0 Å². The van der Waals surface area contributed by atoms with Crippen LogP contribution in [0.2, 0.25) is 0 Å². The maximum atomic E-state index is 11.5. The van der Waals surface area contributed by atoms with Crippen molar-refractivity contribution in [2.45, 2.75) is 20.8 Å². The normalized spacial score (nSPS) is 10.4. The molecule has 0 spiro atoms. The minimum absolute atomic E-state index is 0.00757. The van der Waals surface area contributed by atoms with Crippen LogP contribution in [-0.2, 0) is 4.79 Å². The Morgan fingerprint density at radius 2 is 2.12 bits per heavy atom. The van der Waals surface area contributed by atoms with Gasteiger partial charge in [0.15, 0.2) is 0 Å². The number of carbonyl (C=O) groups excluding carboxylic acids is 1. The maximum Gasteiger partial charge on any atom is 0.239 e. The van der Waals surface area contributed by atoms with E-state index in [-0.39, 0.29) is 12.5 Å². The second-order valence-electron chi connectivity index (χ2n) is 4.62. The summed E-state index contributed by atoms with van der Waals surface area (Å²) in [5, 5.41) is 5.92. The Balaban J connectivity index is 2.39. The molecular weight excluding hydrogens is 214 g/mol. The molecule has 0 aromatic heterocycles. The van der Waals surface area contributed by atoms with E-state index >= 15 is 0 Å². The second kappa shape index (κ2) is 6.13. The second-order valence-corrected chi connectivity index (χ2v) is 4.62. The molecule has 4 N–H and O–H groups in total. The third kappa shape index (κ3) is 4.76. The molecule has 0 radical (unpaired) electrons. The lowest BCUT2D eigenvalue weighted by Gasteiger charge is -2.10. The van der Waals surface area contributed by atoms with Gasteiger partial charge >= 0.3 is 0 Å². The van der Waals surface area contributed by atoms with Gasteiger partial charge in [0, 0.05) is 17.9 Å². The molecule has 4 nitrogen and oxygen atoms in total. The summed E-state index contributed by atoms with van der Waals surface area (Å²) >= 11 is 0. The highest BCUT2D eigenvalue weighted by Crippen LogP contribution is 2.15. The molecule has 1 aromatic carbocycles. The third-order valence-corrected chi connectivity index (χ3v) is 2.43. The number of nitrogen functional groups attached to an aromatic ring is 1. The van der Waals surface area contributed by atoms with Crippen molar-refractivity contribution in [1.29, 1.82) is 0 Å². The van der Waals surface area contributed by atoms with Gasteiger partial charge in [0.05, 0.1) is 6.54 Å². The zero-order valence-electron chi connectivity index (χ0n) is 10.7. The molecule has 0 heterocycles. The monoisotopic (exact) mass is 235 g/mol. The van der Waals surface area contributed by atoms with Gasteiger partial charge in [0.25, 0.3) is 0 Å². The van der Waals surface area contributed by atoms with Crippen molar-refractivity contribution in [3.05, 3.63) is 23.8 Å². The van der Waals surface area contributed by atoms with Crippen molar-refractivity contribution in [1.82, 2.24) is 5.32 Å². The number of nitrogens with two attached hydrogens (primary N) is 1. The van der Waals surface area contributed by atoms with Gasteiger partial charge in [-0.15, -0.1) is 0 Å². The quantitative estimate of drug-likeness (QED) is 0.681. The number of amides is 1. The molecule has 0 fully saturated rings. The number of benzene rings is 1. The minimum Gasteiger partial charge on any atom is -0.399 e. The van der Waals surface area contributed by atoms with Gasteiger partial charge in [-0.3, -0.25) is 4.79 Å². The Kier molecular flexibility index (Phi) is 4.82. The highest BCUT2D eigenvalue weighted by molar-refractivity contribution is 5.80. The van der Waals surface area contributed by atoms with E-state index in [1.54, 1.807) is 0 Å². The molecule has 0 bridgehead atoms. The standard InChI is InChI=1S/C13H21N3O/c1-9(2)7-16-13(17)8-15-11-4-5-12(14)10(3)6-11/h4-6,9,15H,7-8,14H2,1-3H3,(H,16,17). The molecule has 1 aromatic rings. The van der Waals surface area contributed by atoms with Gasteiger partial charge in [-0.1, -0.05) is 13.8 Å². The summed E-state index contributed by atoms with van der Waals surface area (Å²) < 4.78 is 0. The van der Waals surface area contributed by atoms with Gasteiger partial charge < -0.3 is 16.4 Å². The van der Waals surface area contributed by atoms with Crippen LogP contribution in [0.3, 0.4) is 0 Å². The topological polar surface area (TPSA) is 67.2 Å². The molecule has 94 valence electrons. The highest BCUT2D eigenvalue weighted by atomic mass is 16.1. The van der Waals surface area contributed by atoms with Crippen LogP contribution in [0.15, 0.2) is 18.2 Å². The van der Waals surface area contributed by atoms with Gasteiger partial charge in [-0.25, -0.2) is 0 Å². The molecule has 0 aliphatic carbocycles. The lowest BCUT2D eigenvalue weighted by Crippen LogP contribution is -2.32. The molecule has 0 aliphatic heterocycles. The summed E-state index contributed by atoms with van der Waals surface area (Å²) in [6.45, 7) is 7.07. The van der Waals surface area contributed by atoms with Crippen molar-refractivity contribution in [2.24, 2.45) is 5.92 Å². The van der Waals surface area contributed by atoms with Crippen LogP contribution in [0.4, 0.5) is 11.4 Å². The first-order valence-corrected chi connectivity index (χ1v) is 5.85. The smallest absolute Gasteiger partial charge is 0.239 e. The SMILES string of the molecule is Cc1cc(NCC(=O)NCC(C)C)ccc1N. The zero-order chi connectivity index (χ0) is 12.8. The fraction of sp³-hybridized carbons (Fsp3) is 0.462. The van der Waals surface area contributed by atoms with E-state index in [0.29, 0.717) is 12.5 Å². The summed E-state index contributed by atoms with van der Waals surface area (Å²) in [6, 6.07) is 5.65. The maximum absolute atomic E-state index is 11.5. The summed E-state index contributed by atoms with van der Waals surface area (Å²) in [6.07, 6.45) is 0. The minimum atomic E-state index is 0.00757. The largest absolute Gasteiger partial charge is 0.399 e. The summed E-state index contributed by atoms with van der Waals surface area (Å²) in [4.78, 5) is 11.5. The highest BCUT2D eigenvalue weighted by Gasteiger charge is 2.02. The van der Waals surface area contributed by atoms with Crippen molar-refractivity contribution >= 4 is 17.3 Å². The first kappa shape index (κ1) is 13.4. The third-order valence-electron chi connectivity index (χ3n) is 2.43. The Labute approximate surface area is 103 Å². The van der Waals surface area contributed by atoms with Gasteiger partial charge in [0.1, 0.15) is 0 Å². The number of carbonyl (C=O) groups is 1. The number of hydrogen-bond acceptors (Lipinski definition) is 3. The lowest BCUT2D eigenvalue weighted by atomic mass is 10.2. The predicted molar refractivity (Wildman–Crippen MR) is 71.9 cm³/mol. The van der Waals surface area contributed by atoms with Crippen LogP contribution in [0.1, 0.15) is 19.4 Å². The first-order chi connectivity index (χ1) is 7.99. The fourth-order valence-electron chi connectivity index (χ4n) is 1.35. The Morgan fingerprint density at radius 3 is 2.71 bits per heavy atom. The van der Waals surface area contributed by atoms with E-state index in [0.717, 1.165) is 16.9 Å².